The predicted molar refractivity (Wildman–Crippen MR) is 94.8 cm³/mol. The van der Waals surface area contributed by atoms with Crippen molar-refractivity contribution in [2.75, 3.05) is 5.32 Å². The fraction of sp³-hybridized carbons (Fsp3) is 0.188. The van der Waals surface area contributed by atoms with Gasteiger partial charge in [0, 0.05) is 11.2 Å². The first-order chi connectivity index (χ1) is 10.9. The highest BCUT2D eigenvalue weighted by atomic mass is 35.5. The van der Waals surface area contributed by atoms with Gasteiger partial charge >= 0.3 is 5.97 Å². The molecule has 7 heteroatoms. The number of nitrogens with zero attached hydrogens (tertiary/aromatic N) is 1. The number of anilines is 1. The third-order valence-corrected chi connectivity index (χ3v) is 3.55. The molecule has 1 aromatic carbocycles. The Hall–Kier alpha value is -2.18. The second-order valence-electron chi connectivity index (χ2n) is 5.02. The molecular weight excluding hydrogens is 334 g/mol. The molecule has 3 N–H and O–H groups in total. The highest BCUT2D eigenvalue weighted by molar-refractivity contribution is 7.80. The van der Waals surface area contributed by atoms with Gasteiger partial charge in [0.2, 0.25) is 0 Å². The zero-order valence-electron chi connectivity index (χ0n) is 12.4. The molecule has 0 fully saturated rings. The summed E-state index contributed by atoms with van der Waals surface area (Å²) in [6.45, 7) is 1.95. The maximum absolute atomic E-state index is 11.1. The highest BCUT2D eigenvalue weighted by Crippen LogP contribution is 2.21. The summed E-state index contributed by atoms with van der Waals surface area (Å²) in [5, 5.41) is 15.9. The molecule has 0 saturated heterocycles. The fourth-order valence-corrected chi connectivity index (χ4v) is 2.51. The van der Waals surface area contributed by atoms with E-state index < -0.39 is 12.0 Å². The lowest BCUT2D eigenvalue weighted by atomic mass is 10.0. The Morgan fingerprint density at radius 2 is 2.17 bits per heavy atom. The van der Waals surface area contributed by atoms with Gasteiger partial charge in [0.05, 0.1) is 12.5 Å². The Kier molecular flexibility index (Phi) is 5.90. The lowest BCUT2D eigenvalue weighted by Crippen LogP contribution is -2.33. The topological polar surface area (TPSA) is 74.2 Å². The first-order valence-electron chi connectivity index (χ1n) is 6.91. The van der Waals surface area contributed by atoms with Gasteiger partial charge in [-0.25, -0.2) is 4.98 Å². The van der Waals surface area contributed by atoms with Crippen LogP contribution in [0.25, 0.3) is 0 Å². The average Bonchev–Trinajstić information content (AvgIpc) is 2.46. The molecule has 0 aliphatic rings. The zero-order valence-corrected chi connectivity index (χ0v) is 14.0. The molecule has 23 heavy (non-hydrogen) atoms. The molecule has 1 heterocycles. The Morgan fingerprint density at radius 3 is 2.83 bits per heavy atom. The maximum atomic E-state index is 11.1. The van der Waals surface area contributed by atoms with Gasteiger partial charge in [-0.3, -0.25) is 4.79 Å². The van der Waals surface area contributed by atoms with Gasteiger partial charge in [-0.1, -0.05) is 23.7 Å². The molecule has 1 aromatic heterocycles. The van der Waals surface area contributed by atoms with E-state index in [2.05, 4.69) is 15.6 Å². The number of hydrogen-bond donors (Lipinski definition) is 3. The summed E-state index contributed by atoms with van der Waals surface area (Å²) in [7, 11) is 0. The van der Waals surface area contributed by atoms with Gasteiger partial charge in [-0.05, 0) is 54.5 Å². The Balaban J connectivity index is 2.11. The number of halogens is 1. The van der Waals surface area contributed by atoms with Crippen LogP contribution in [0.3, 0.4) is 0 Å². The first-order valence-corrected chi connectivity index (χ1v) is 7.70. The summed E-state index contributed by atoms with van der Waals surface area (Å²) >= 11 is 11.2. The second kappa shape index (κ2) is 7.89. The van der Waals surface area contributed by atoms with Crippen LogP contribution in [-0.4, -0.2) is 21.2 Å². The minimum Gasteiger partial charge on any atom is -0.481 e. The number of carbonyl (C=O) groups is 1. The number of carboxylic acids is 1. The summed E-state index contributed by atoms with van der Waals surface area (Å²) in [5.41, 5.74) is 1.79. The van der Waals surface area contributed by atoms with E-state index in [-0.39, 0.29) is 6.42 Å². The second-order valence-corrected chi connectivity index (χ2v) is 5.87. The molecular formula is C16H16ClN3O2S. The lowest BCUT2D eigenvalue weighted by Gasteiger charge is -2.20. The van der Waals surface area contributed by atoms with Crippen LogP contribution in [0.5, 0.6) is 0 Å². The molecule has 0 aliphatic carbocycles. The molecule has 0 bridgehead atoms. The number of hydrogen-bond acceptors (Lipinski definition) is 3. The van der Waals surface area contributed by atoms with Crippen molar-refractivity contribution < 1.29 is 9.90 Å². The van der Waals surface area contributed by atoms with Crippen molar-refractivity contribution in [3.05, 3.63) is 58.7 Å². The van der Waals surface area contributed by atoms with E-state index in [0.717, 1.165) is 11.1 Å². The van der Waals surface area contributed by atoms with Crippen LogP contribution in [0.1, 0.15) is 23.6 Å². The molecule has 120 valence electrons. The van der Waals surface area contributed by atoms with Gasteiger partial charge in [-0.15, -0.1) is 0 Å². The Morgan fingerprint density at radius 1 is 1.39 bits per heavy atom. The molecule has 2 rings (SSSR count). The quantitative estimate of drug-likeness (QED) is 0.717. The number of carboxylic acid groups (broad SMARTS) is 1. The van der Waals surface area contributed by atoms with Gasteiger partial charge in [-0.2, -0.15) is 0 Å². The van der Waals surface area contributed by atoms with Crippen LogP contribution >= 0.6 is 23.8 Å². The summed E-state index contributed by atoms with van der Waals surface area (Å²) in [5.74, 6) is -0.332. The summed E-state index contributed by atoms with van der Waals surface area (Å²) < 4.78 is 0. The molecule has 1 atom stereocenters. The van der Waals surface area contributed by atoms with Crippen molar-refractivity contribution in [1.82, 2.24) is 10.3 Å². The molecule has 0 aliphatic heterocycles. The van der Waals surface area contributed by atoms with E-state index in [1.54, 1.807) is 30.5 Å². The van der Waals surface area contributed by atoms with Crippen LogP contribution in [0.4, 0.5) is 5.82 Å². The number of pyridine rings is 1. The Bertz CT molecular complexity index is 724. The average molecular weight is 350 g/mol. The number of aromatic nitrogens is 1. The minimum atomic E-state index is -0.932. The monoisotopic (exact) mass is 349 g/mol. The Labute approximate surface area is 144 Å². The summed E-state index contributed by atoms with van der Waals surface area (Å²) in [6.07, 6.45) is 1.55. The highest BCUT2D eigenvalue weighted by Gasteiger charge is 2.17. The molecule has 0 saturated carbocycles. The van der Waals surface area contributed by atoms with Crippen molar-refractivity contribution in [3.8, 4) is 0 Å². The fourth-order valence-electron chi connectivity index (χ4n) is 2.07. The third-order valence-electron chi connectivity index (χ3n) is 3.09. The van der Waals surface area contributed by atoms with Gasteiger partial charge in [0.1, 0.15) is 5.82 Å². The van der Waals surface area contributed by atoms with Crippen LogP contribution in [0, 0.1) is 6.92 Å². The normalized spacial score (nSPS) is 11.6. The van der Waals surface area contributed by atoms with Gasteiger partial charge < -0.3 is 15.7 Å². The largest absolute Gasteiger partial charge is 0.481 e. The number of rotatable bonds is 5. The molecule has 0 radical (unpaired) electrons. The van der Waals surface area contributed by atoms with E-state index >= 15 is 0 Å². The standard InChI is InChI=1S/C16H16ClN3O2S/c1-10-5-6-18-14(7-10)20-16(23)19-13(9-15(21)22)11-3-2-4-12(17)8-11/h2-8,13H,9H2,1H3,(H,21,22)(H2,18,19,20,23)/t13-/m0/s1. The number of nitrogens with one attached hydrogen (secondary N) is 2. The minimum absolute atomic E-state index is 0.122. The predicted octanol–water partition coefficient (Wildman–Crippen LogP) is 3.55. The van der Waals surface area contributed by atoms with Crippen LogP contribution < -0.4 is 10.6 Å². The lowest BCUT2D eigenvalue weighted by molar-refractivity contribution is -0.137. The van der Waals surface area contributed by atoms with E-state index in [1.165, 1.54) is 0 Å². The van der Waals surface area contributed by atoms with Crippen LogP contribution in [0.2, 0.25) is 5.02 Å². The maximum Gasteiger partial charge on any atom is 0.305 e. The zero-order chi connectivity index (χ0) is 16.8. The van der Waals surface area contributed by atoms with Crippen molar-refractivity contribution in [3.63, 3.8) is 0 Å². The molecule has 0 amide bonds. The van der Waals surface area contributed by atoms with E-state index in [0.29, 0.717) is 16.0 Å². The van der Waals surface area contributed by atoms with Crippen LogP contribution in [0.15, 0.2) is 42.6 Å². The number of thiocarbonyl (C=S) groups is 1. The summed E-state index contributed by atoms with van der Waals surface area (Å²) in [4.78, 5) is 15.3. The smallest absolute Gasteiger partial charge is 0.305 e. The third kappa shape index (κ3) is 5.50. The van der Waals surface area contributed by atoms with Crippen molar-refractivity contribution in [2.45, 2.75) is 19.4 Å². The molecule has 2 aromatic rings. The number of aryl methyl sites for hydroxylation is 1. The molecule has 0 unspecified atom stereocenters. The summed E-state index contributed by atoms with van der Waals surface area (Å²) in [6, 6.07) is 10.3. The van der Waals surface area contributed by atoms with Crippen molar-refractivity contribution in [2.24, 2.45) is 0 Å². The number of aliphatic carboxylic acids is 1. The van der Waals surface area contributed by atoms with Gasteiger partial charge in [0.15, 0.2) is 5.11 Å². The number of benzene rings is 1. The first kappa shape index (κ1) is 17.2. The van der Waals surface area contributed by atoms with Gasteiger partial charge in [0.25, 0.3) is 0 Å². The van der Waals surface area contributed by atoms with E-state index in [9.17, 15) is 4.79 Å². The molecule has 5 nitrogen and oxygen atoms in total. The van der Waals surface area contributed by atoms with Crippen LogP contribution in [-0.2, 0) is 4.79 Å². The SMILES string of the molecule is Cc1ccnc(NC(=S)N[C@@H](CC(=O)O)c2cccc(Cl)c2)c1. The molecule has 0 spiro atoms. The van der Waals surface area contributed by atoms with Crippen molar-refractivity contribution >= 4 is 40.7 Å². The van der Waals surface area contributed by atoms with E-state index in [1.807, 2.05) is 19.1 Å². The van der Waals surface area contributed by atoms with E-state index in [4.69, 9.17) is 28.9 Å². The van der Waals surface area contributed by atoms with Crippen molar-refractivity contribution in [1.29, 1.82) is 0 Å².